The number of hydrogen-bond acceptors (Lipinski definition) is 5. The summed E-state index contributed by atoms with van der Waals surface area (Å²) < 4.78 is 43.7. The lowest BCUT2D eigenvalue weighted by Gasteiger charge is -2.32. The molecule has 0 spiro atoms. The van der Waals surface area contributed by atoms with E-state index in [0.29, 0.717) is 28.6 Å². The second-order valence-corrected chi connectivity index (χ2v) is 10.1. The molecule has 40 heavy (non-hydrogen) atoms. The number of nitrogens with one attached hydrogen (secondary N) is 1. The number of alkyl halides is 3. The van der Waals surface area contributed by atoms with Crippen LogP contribution in [-0.4, -0.2) is 21.8 Å². The third-order valence-corrected chi connectivity index (χ3v) is 6.64. The number of amides is 1. The molecule has 4 rings (SSSR count). The lowest BCUT2D eigenvalue weighted by atomic mass is 9.75. The summed E-state index contributed by atoms with van der Waals surface area (Å²) >= 11 is 0. The van der Waals surface area contributed by atoms with Crippen molar-refractivity contribution < 1.29 is 27.6 Å². The Morgan fingerprint density at radius 3 is 2.27 bits per heavy atom. The van der Waals surface area contributed by atoms with Gasteiger partial charge < -0.3 is 14.9 Å². The number of anilines is 1. The van der Waals surface area contributed by atoms with E-state index >= 15 is 0 Å². The van der Waals surface area contributed by atoms with E-state index in [1.807, 2.05) is 51.1 Å². The molecule has 1 unspecified atom stereocenters. The van der Waals surface area contributed by atoms with Crippen molar-refractivity contribution in [2.45, 2.75) is 50.8 Å². The van der Waals surface area contributed by atoms with Gasteiger partial charge in [-0.1, -0.05) is 68.1 Å². The van der Waals surface area contributed by atoms with Gasteiger partial charge in [-0.3, -0.25) is 4.79 Å². The van der Waals surface area contributed by atoms with Gasteiger partial charge in [-0.15, -0.1) is 0 Å². The molecule has 0 radical (unpaired) electrons. The fourth-order valence-corrected chi connectivity index (χ4v) is 4.45. The van der Waals surface area contributed by atoms with Crippen molar-refractivity contribution in [3.05, 3.63) is 106 Å². The first-order chi connectivity index (χ1) is 18.8. The first kappa shape index (κ1) is 28.6. The molecule has 1 heterocycles. The standard InChI is InChI=1S/C31H27F3N2O4/c1-4-26-25-18-23(14-15-24(25)27(37)40-36-26)35-28(38)30(39,19-29(2,3)21-8-6-5-7-9-21)17-16-20-10-12-22(13-11-20)31(32,33)34/h5-15,18,39H,4,19H2,1-3H3,(H,35,38). The fraction of sp³-hybridized carbons (Fsp3) is 0.258. The van der Waals surface area contributed by atoms with Crippen LogP contribution >= 0.6 is 0 Å². The van der Waals surface area contributed by atoms with Crippen molar-refractivity contribution >= 4 is 22.4 Å². The van der Waals surface area contributed by atoms with Crippen LogP contribution in [0.1, 0.15) is 49.6 Å². The first-order valence-corrected chi connectivity index (χ1v) is 12.5. The minimum Gasteiger partial charge on any atom is -0.369 e. The van der Waals surface area contributed by atoms with Crippen molar-refractivity contribution in [1.29, 1.82) is 0 Å². The molecule has 0 aliphatic carbocycles. The highest BCUT2D eigenvalue weighted by atomic mass is 19.4. The summed E-state index contributed by atoms with van der Waals surface area (Å²) in [6.07, 6.45) is -4.14. The lowest BCUT2D eigenvalue weighted by Crippen LogP contribution is -2.46. The number of hydrogen-bond donors (Lipinski definition) is 2. The molecule has 0 aliphatic heterocycles. The highest BCUT2D eigenvalue weighted by Crippen LogP contribution is 2.34. The molecule has 206 valence electrons. The zero-order chi connectivity index (χ0) is 29.1. The Balaban J connectivity index is 1.72. The largest absolute Gasteiger partial charge is 0.416 e. The zero-order valence-corrected chi connectivity index (χ0v) is 22.1. The Bertz CT molecular complexity index is 1650. The summed E-state index contributed by atoms with van der Waals surface area (Å²) in [5, 5.41) is 19.0. The van der Waals surface area contributed by atoms with Crippen LogP contribution in [0.25, 0.3) is 10.8 Å². The summed E-state index contributed by atoms with van der Waals surface area (Å²) in [6.45, 7) is 5.55. The van der Waals surface area contributed by atoms with Crippen LogP contribution in [0.5, 0.6) is 0 Å². The van der Waals surface area contributed by atoms with E-state index in [-0.39, 0.29) is 12.0 Å². The number of carbonyl (C=O) groups is 1. The molecule has 0 saturated carbocycles. The van der Waals surface area contributed by atoms with Gasteiger partial charge in [0.05, 0.1) is 16.6 Å². The van der Waals surface area contributed by atoms with E-state index in [9.17, 15) is 27.9 Å². The van der Waals surface area contributed by atoms with Crippen molar-refractivity contribution in [3.63, 3.8) is 0 Å². The van der Waals surface area contributed by atoms with E-state index < -0.39 is 34.3 Å². The Morgan fingerprint density at radius 1 is 0.975 bits per heavy atom. The molecule has 4 aromatic rings. The Labute approximate surface area is 228 Å². The lowest BCUT2D eigenvalue weighted by molar-refractivity contribution is -0.137. The van der Waals surface area contributed by atoms with E-state index in [1.165, 1.54) is 24.3 Å². The van der Waals surface area contributed by atoms with E-state index in [0.717, 1.165) is 17.7 Å². The maximum atomic E-state index is 13.6. The van der Waals surface area contributed by atoms with E-state index in [2.05, 4.69) is 22.3 Å². The summed E-state index contributed by atoms with van der Waals surface area (Å²) in [6, 6.07) is 18.0. The number of aromatic nitrogens is 1. The Kier molecular flexibility index (Phi) is 7.85. The van der Waals surface area contributed by atoms with Gasteiger partial charge in [0.2, 0.25) is 5.60 Å². The number of aryl methyl sites for hydroxylation is 1. The van der Waals surface area contributed by atoms with Crippen molar-refractivity contribution in [3.8, 4) is 11.8 Å². The third kappa shape index (κ3) is 6.24. The maximum absolute atomic E-state index is 13.6. The molecule has 3 aromatic carbocycles. The smallest absolute Gasteiger partial charge is 0.369 e. The van der Waals surface area contributed by atoms with Crippen LogP contribution in [0.3, 0.4) is 0 Å². The molecular formula is C31H27F3N2O4. The summed E-state index contributed by atoms with van der Waals surface area (Å²) in [5.41, 5.74) is -2.53. The van der Waals surface area contributed by atoms with Crippen LogP contribution in [0.2, 0.25) is 0 Å². The molecule has 9 heteroatoms. The van der Waals surface area contributed by atoms with E-state index in [4.69, 9.17) is 4.52 Å². The molecule has 6 nitrogen and oxygen atoms in total. The Morgan fingerprint density at radius 2 is 1.65 bits per heavy atom. The SMILES string of the molecule is CCc1noc(=O)c2ccc(NC(=O)C(O)(C#Cc3ccc(C(F)(F)F)cc3)CC(C)(C)c3ccccc3)cc12. The second-order valence-electron chi connectivity index (χ2n) is 10.1. The molecule has 0 fully saturated rings. The van der Waals surface area contributed by atoms with Gasteiger partial charge in [0, 0.05) is 23.1 Å². The van der Waals surface area contributed by atoms with E-state index in [1.54, 1.807) is 6.07 Å². The van der Waals surface area contributed by atoms with Crippen LogP contribution < -0.4 is 10.9 Å². The number of aliphatic hydroxyl groups is 1. The monoisotopic (exact) mass is 548 g/mol. The van der Waals surface area contributed by atoms with Gasteiger partial charge in [0.15, 0.2) is 0 Å². The normalized spacial score (nSPS) is 13.3. The van der Waals surface area contributed by atoms with Crippen LogP contribution in [0.4, 0.5) is 18.9 Å². The third-order valence-electron chi connectivity index (χ3n) is 6.64. The summed E-state index contributed by atoms with van der Waals surface area (Å²) in [4.78, 5) is 25.7. The number of nitrogens with zero attached hydrogens (tertiary/aromatic N) is 1. The number of rotatable bonds is 6. The van der Waals surface area contributed by atoms with Crippen LogP contribution in [0, 0.1) is 11.8 Å². The van der Waals surface area contributed by atoms with Gasteiger partial charge in [0.25, 0.3) is 5.91 Å². The number of benzene rings is 3. The predicted molar refractivity (Wildman–Crippen MR) is 146 cm³/mol. The molecule has 2 N–H and O–H groups in total. The average molecular weight is 549 g/mol. The molecule has 1 aromatic heterocycles. The van der Waals surface area contributed by atoms with Crippen LogP contribution in [-0.2, 0) is 22.8 Å². The van der Waals surface area contributed by atoms with Gasteiger partial charge in [-0.05, 0) is 59.9 Å². The topological polar surface area (TPSA) is 92.4 Å². The minimum atomic E-state index is -4.50. The molecule has 1 amide bonds. The van der Waals surface area contributed by atoms with Gasteiger partial charge in [0.1, 0.15) is 0 Å². The van der Waals surface area contributed by atoms with Crippen molar-refractivity contribution in [2.75, 3.05) is 5.32 Å². The van der Waals surface area contributed by atoms with Gasteiger partial charge >= 0.3 is 11.8 Å². The highest BCUT2D eigenvalue weighted by Gasteiger charge is 2.41. The quantitative estimate of drug-likeness (QED) is 0.295. The van der Waals surface area contributed by atoms with Crippen molar-refractivity contribution in [1.82, 2.24) is 5.16 Å². The Hall–Kier alpha value is -4.42. The van der Waals surface area contributed by atoms with Crippen molar-refractivity contribution in [2.24, 2.45) is 0 Å². The van der Waals surface area contributed by atoms with Crippen LogP contribution in [0.15, 0.2) is 82.1 Å². The van der Waals surface area contributed by atoms with Gasteiger partial charge in [-0.25, -0.2) is 4.79 Å². The van der Waals surface area contributed by atoms with Gasteiger partial charge in [-0.2, -0.15) is 13.2 Å². The zero-order valence-electron chi connectivity index (χ0n) is 22.1. The summed E-state index contributed by atoms with van der Waals surface area (Å²) in [7, 11) is 0. The fourth-order valence-electron chi connectivity index (χ4n) is 4.45. The minimum absolute atomic E-state index is 0.123. The second kappa shape index (κ2) is 11.0. The molecule has 0 bridgehead atoms. The number of carbonyl (C=O) groups excluding carboxylic acids is 1. The highest BCUT2D eigenvalue weighted by molar-refractivity contribution is 6.01. The molecule has 0 aliphatic rings. The first-order valence-electron chi connectivity index (χ1n) is 12.5. The predicted octanol–water partition coefficient (Wildman–Crippen LogP) is 5.86. The maximum Gasteiger partial charge on any atom is 0.416 e. The average Bonchev–Trinajstić information content (AvgIpc) is 2.92. The molecule has 0 saturated heterocycles. The molecular weight excluding hydrogens is 521 g/mol. The summed E-state index contributed by atoms with van der Waals surface area (Å²) in [5.74, 6) is 4.46. The number of halogens is 3. The number of fused-ring (bicyclic) bond motifs is 1. The molecule has 1 atom stereocenters.